The first-order valence-electron chi connectivity index (χ1n) is 8.80. The van der Waals surface area contributed by atoms with E-state index in [0.29, 0.717) is 12.5 Å². The minimum Gasteiger partial charge on any atom is -0.378 e. The largest absolute Gasteiger partial charge is 0.378 e. The Hall–Kier alpha value is -0.830. The predicted octanol–water partition coefficient (Wildman–Crippen LogP) is 2.40. The molecular weight excluding hydrogens is 431 g/mol. The van der Waals surface area contributed by atoms with E-state index < -0.39 is 0 Å². The number of aliphatic imine (C=N–C) groups is 1. The summed E-state index contributed by atoms with van der Waals surface area (Å²) in [4.78, 5) is 17.7. The molecule has 2 N–H and O–H groups in total. The van der Waals surface area contributed by atoms with Gasteiger partial charge in [0.2, 0.25) is 5.91 Å². The molecule has 7 heteroatoms. The van der Waals surface area contributed by atoms with Gasteiger partial charge in [-0.2, -0.15) is 0 Å². The predicted molar refractivity (Wildman–Crippen MR) is 115 cm³/mol. The van der Waals surface area contributed by atoms with Crippen LogP contribution >= 0.6 is 24.0 Å². The van der Waals surface area contributed by atoms with Crippen LogP contribution in [-0.2, 0) is 9.53 Å². The average molecular weight is 466 g/mol. The number of guanidine groups is 1. The molecule has 1 aliphatic rings. The average Bonchev–Trinajstić information content (AvgIpc) is 2.54. The third-order valence-corrected chi connectivity index (χ3v) is 4.59. The van der Waals surface area contributed by atoms with Crippen LogP contribution in [0.4, 0.5) is 0 Å². The molecule has 0 bridgehead atoms. The summed E-state index contributed by atoms with van der Waals surface area (Å²) in [5.74, 6) is 0.624. The van der Waals surface area contributed by atoms with Crippen molar-refractivity contribution in [3.05, 3.63) is 12.7 Å². The number of nitrogens with zero attached hydrogens (tertiary/aromatic N) is 2. The summed E-state index contributed by atoms with van der Waals surface area (Å²) in [6, 6.07) is 0.273. The van der Waals surface area contributed by atoms with Crippen molar-refractivity contribution in [3.8, 4) is 0 Å². The lowest BCUT2D eigenvalue weighted by atomic mass is 9.64. The Balaban J connectivity index is 0.00000576. The van der Waals surface area contributed by atoms with E-state index in [1.54, 1.807) is 25.1 Å². The molecule has 0 heterocycles. The quantitative estimate of drug-likeness (QED) is 0.180. The molecule has 0 aliphatic heterocycles. The highest BCUT2D eigenvalue weighted by Gasteiger charge is 2.49. The molecule has 0 aromatic heterocycles. The lowest BCUT2D eigenvalue weighted by Crippen LogP contribution is -2.63. The standard InChI is InChI=1S/C18H34N4O2.HI/c1-7-9-11-24-15-12-14(18(15,3)4)21-17(19-10-8-2)20-13-16(23)22(5)6;/h8,14-15H,2,7,9-13H2,1,3-6H3,(H2,19,20,21);1H. The van der Waals surface area contributed by atoms with Crippen LogP contribution in [0.5, 0.6) is 0 Å². The van der Waals surface area contributed by atoms with Crippen molar-refractivity contribution in [3.63, 3.8) is 0 Å². The Kier molecular flexibility index (Phi) is 11.3. The summed E-state index contributed by atoms with van der Waals surface area (Å²) < 4.78 is 5.98. The molecule has 1 amide bonds. The Labute approximate surface area is 169 Å². The van der Waals surface area contributed by atoms with Gasteiger partial charge < -0.3 is 20.3 Å². The molecule has 0 saturated heterocycles. The lowest BCUT2D eigenvalue weighted by molar-refractivity contribution is -0.127. The van der Waals surface area contributed by atoms with Gasteiger partial charge in [0.05, 0.1) is 6.10 Å². The first-order valence-corrected chi connectivity index (χ1v) is 8.80. The van der Waals surface area contributed by atoms with Crippen LogP contribution in [0.3, 0.4) is 0 Å². The first-order chi connectivity index (χ1) is 11.3. The molecule has 0 spiro atoms. The summed E-state index contributed by atoms with van der Waals surface area (Å²) in [6.45, 7) is 11.9. The Morgan fingerprint density at radius 1 is 1.44 bits per heavy atom. The fraction of sp³-hybridized carbons (Fsp3) is 0.778. The van der Waals surface area contributed by atoms with Gasteiger partial charge in [0.15, 0.2) is 5.96 Å². The van der Waals surface area contributed by atoms with Crippen molar-refractivity contribution in [2.75, 3.05) is 33.8 Å². The Morgan fingerprint density at radius 2 is 2.12 bits per heavy atom. The Morgan fingerprint density at radius 3 is 2.64 bits per heavy atom. The van der Waals surface area contributed by atoms with Crippen molar-refractivity contribution in [1.29, 1.82) is 0 Å². The van der Waals surface area contributed by atoms with Gasteiger partial charge in [-0.1, -0.05) is 33.3 Å². The zero-order valence-electron chi connectivity index (χ0n) is 16.3. The van der Waals surface area contributed by atoms with Crippen molar-refractivity contribution in [2.24, 2.45) is 10.4 Å². The van der Waals surface area contributed by atoms with Gasteiger partial charge in [-0.25, -0.2) is 4.99 Å². The van der Waals surface area contributed by atoms with Crippen LogP contribution in [0.25, 0.3) is 0 Å². The Bertz CT molecular complexity index is 452. The number of halogens is 1. The number of unbranched alkanes of at least 4 members (excludes halogenated alkanes) is 1. The molecule has 2 unspecified atom stereocenters. The normalized spacial score (nSPS) is 21.6. The number of hydrogen-bond acceptors (Lipinski definition) is 3. The first kappa shape index (κ1) is 24.2. The van der Waals surface area contributed by atoms with E-state index in [9.17, 15) is 4.79 Å². The third-order valence-electron chi connectivity index (χ3n) is 4.59. The molecule has 25 heavy (non-hydrogen) atoms. The third kappa shape index (κ3) is 7.52. The highest BCUT2D eigenvalue weighted by Crippen LogP contribution is 2.42. The number of rotatable bonds is 9. The van der Waals surface area contributed by atoms with Gasteiger partial charge >= 0.3 is 0 Å². The molecule has 0 aromatic rings. The van der Waals surface area contributed by atoms with Gasteiger partial charge in [0, 0.05) is 38.7 Å². The van der Waals surface area contributed by atoms with Crippen LogP contribution in [0.1, 0.15) is 40.0 Å². The summed E-state index contributed by atoms with van der Waals surface area (Å²) in [7, 11) is 3.46. The zero-order chi connectivity index (χ0) is 18.2. The number of ether oxygens (including phenoxy) is 1. The van der Waals surface area contributed by atoms with E-state index in [-0.39, 0.29) is 54.0 Å². The summed E-state index contributed by atoms with van der Waals surface area (Å²) in [6.07, 6.45) is 5.24. The van der Waals surface area contributed by atoms with E-state index in [0.717, 1.165) is 25.9 Å². The van der Waals surface area contributed by atoms with Crippen LogP contribution in [-0.4, -0.2) is 62.7 Å². The van der Waals surface area contributed by atoms with Crippen LogP contribution in [0.2, 0.25) is 0 Å². The topological polar surface area (TPSA) is 66.0 Å². The molecule has 1 aliphatic carbocycles. The minimum atomic E-state index is -0.0247. The number of hydrogen-bond donors (Lipinski definition) is 2. The van der Waals surface area contributed by atoms with Crippen LogP contribution in [0, 0.1) is 5.41 Å². The molecular formula is C18H35IN4O2. The molecule has 146 valence electrons. The monoisotopic (exact) mass is 466 g/mol. The van der Waals surface area contributed by atoms with E-state index in [1.165, 1.54) is 0 Å². The fourth-order valence-electron chi connectivity index (χ4n) is 2.56. The zero-order valence-corrected chi connectivity index (χ0v) is 18.6. The second-order valence-electron chi connectivity index (χ2n) is 7.09. The van der Waals surface area contributed by atoms with Crippen molar-refractivity contribution in [1.82, 2.24) is 15.5 Å². The van der Waals surface area contributed by atoms with Crippen molar-refractivity contribution >= 4 is 35.8 Å². The maximum atomic E-state index is 11.7. The minimum absolute atomic E-state index is 0. The maximum Gasteiger partial charge on any atom is 0.243 e. The van der Waals surface area contributed by atoms with Gasteiger partial charge in [0.25, 0.3) is 0 Å². The number of amides is 1. The van der Waals surface area contributed by atoms with Crippen molar-refractivity contribution < 1.29 is 9.53 Å². The molecule has 1 rings (SSSR count). The van der Waals surface area contributed by atoms with Gasteiger partial charge in [-0.3, -0.25) is 4.79 Å². The summed E-state index contributed by atoms with van der Waals surface area (Å²) in [5.41, 5.74) is 0.0376. The number of nitrogens with one attached hydrogen (secondary N) is 2. The summed E-state index contributed by atoms with van der Waals surface area (Å²) >= 11 is 0. The molecule has 6 nitrogen and oxygen atoms in total. The van der Waals surface area contributed by atoms with E-state index in [2.05, 4.69) is 43.0 Å². The molecule has 0 aromatic carbocycles. The smallest absolute Gasteiger partial charge is 0.243 e. The van der Waals surface area contributed by atoms with E-state index in [4.69, 9.17) is 4.74 Å². The number of carbonyl (C=O) groups excluding carboxylic acids is 1. The SMILES string of the molecule is C=CCNC(=NCC(=O)N(C)C)NC1CC(OCCCC)C1(C)C.I. The fourth-order valence-corrected chi connectivity index (χ4v) is 2.56. The second-order valence-corrected chi connectivity index (χ2v) is 7.09. The maximum absolute atomic E-state index is 11.7. The van der Waals surface area contributed by atoms with Crippen molar-refractivity contribution in [2.45, 2.75) is 52.2 Å². The van der Waals surface area contributed by atoms with E-state index >= 15 is 0 Å². The highest BCUT2D eigenvalue weighted by atomic mass is 127. The number of carbonyl (C=O) groups is 1. The lowest BCUT2D eigenvalue weighted by Gasteiger charge is -2.52. The number of likely N-dealkylation sites (N-methyl/N-ethyl adjacent to an activating group) is 1. The van der Waals surface area contributed by atoms with E-state index in [1.807, 2.05) is 0 Å². The molecule has 1 fully saturated rings. The van der Waals surface area contributed by atoms with Gasteiger partial charge in [-0.05, 0) is 12.8 Å². The van der Waals surface area contributed by atoms with Crippen LogP contribution < -0.4 is 10.6 Å². The van der Waals surface area contributed by atoms with Gasteiger partial charge in [0.1, 0.15) is 6.54 Å². The highest BCUT2D eigenvalue weighted by molar-refractivity contribution is 14.0. The van der Waals surface area contributed by atoms with Gasteiger partial charge in [-0.15, -0.1) is 30.6 Å². The molecule has 2 atom stereocenters. The molecule has 1 saturated carbocycles. The molecule has 0 radical (unpaired) electrons. The second kappa shape index (κ2) is 11.7. The summed E-state index contributed by atoms with van der Waals surface area (Å²) in [5, 5.41) is 6.61. The van der Waals surface area contributed by atoms with Crippen LogP contribution in [0.15, 0.2) is 17.6 Å².